The fraction of sp³-hybridized carbons (Fsp3) is 0.417. The van der Waals surface area contributed by atoms with E-state index in [9.17, 15) is 4.79 Å². The second kappa shape index (κ2) is 4.34. The first kappa shape index (κ1) is 11.6. The van der Waals surface area contributed by atoms with E-state index in [2.05, 4.69) is 5.32 Å². The monoisotopic (exact) mass is 207 g/mol. The zero-order chi connectivity index (χ0) is 11.5. The molecule has 1 aromatic rings. The number of aliphatic carboxylic acids is 1. The molecule has 2 N–H and O–H groups in total. The largest absolute Gasteiger partial charge is 0.480 e. The molecule has 82 valence electrons. The minimum Gasteiger partial charge on any atom is -0.480 e. The van der Waals surface area contributed by atoms with Gasteiger partial charge in [-0.3, -0.25) is 0 Å². The summed E-state index contributed by atoms with van der Waals surface area (Å²) >= 11 is 0. The Hall–Kier alpha value is -1.51. The molecule has 1 atom stereocenters. The van der Waals surface area contributed by atoms with Crippen molar-refractivity contribution in [2.75, 3.05) is 5.32 Å². The summed E-state index contributed by atoms with van der Waals surface area (Å²) in [5, 5.41) is 12.1. The average Bonchev–Trinajstić information content (AvgIpc) is 2.13. The molecule has 3 heteroatoms. The molecule has 15 heavy (non-hydrogen) atoms. The summed E-state index contributed by atoms with van der Waals surface area (Å²) in [5.74, 6) is -0.827. The van der Waals surface area contributed by atoms with Crippen molar-refractivity contribution in [3.05, 3.63) is 30.3 Å². The summed E-state index contributed by atoms with van der Waals surface area (Å²) in [4.78, 5) is 11.1. The van der Waals surface area contributed by atoms with Crippen LogP contribution in [0.4, 0.5) is 5.69 Å². The van der Waals surface area contributed by atoms with Crippen LogP contribution in [0.2, 0.25) is 0 Å². The number of anilines is 1. The highest BCUT2D eigenvalue weighted by Gasteiger charge is 2.30. The Morgan fingerprint density at radius 2 is 1.80 bits per heavy atom. The van der Waals surface area contributed by atoms with Gasteiger partial charge >= 0.3 is 5.97 Å². The summed E-state index contributed by atoms with van der Waals surface area (Å²) < 4.78 is 0. The summed E-state index contributed by atoms with van der Waals surface area (Å²) in [6.45, 7) is 5.71. The molecule has 0 aliphatic heterocycles. The van der Waals surface area contributed by atoms with E-state index < -0.39 is 12.0 Å². The molecule has 0 saturated carbocycles. The fourth-order valence-electron chi connectivity index (χ4n) is 1.35. The van der Waals surface area contributed by atoms with Crippen molar-refractivity contribution in [3.8, 4) is 0 Å². The van der Waals surface area contributed by atoms with Crippen molar-refractivity contribution in [3.63, 3.8) is 0 Å². The molecule has 1 rings (SSSR count). The summed E-state index contributed by atoms with van der Waals surface area (Å²) in [6.07, 6.45) is 0. The van der Waals surface area contributed by atoms with E-state index in [1.807, 2.05) is 51.1 Å². The van der Waals surface area contributed by atoms with E-state index in [0.717, 1.165) is 5.69 Å². The zero-order valence-electron chi connectivity index (χ0n) is 9.32. The molecule has 0 bridgehead atoms. The molecule has 0 amide bonds. The number of hydrogen-bond donors (Lipinski definition) is 2. The SMILES string of the molecule is CC(C)(C)[C@H](Nc1ccccc1)C(=O)O. The number of nitrogens with one attached hydrogen (secondary N) is 1. The van der Waals surface area contributed by atoms with E-state index in [1.165, 1.54) is 0 Å². The minimum absolute atomic E-state index is 0.318. The van der Waals surface area contributed by atoms with Gasteiger partial charge in [0.05, 0.1) is 0 Å². The van der Waals surface area contributed by atoms with Gasteiger partial charge in [0.15, 0.2) is 0 Å². The number of carbonyl (C=O) groups is 1. The standard InChI is InChI=1S/C12H17NO2/c1-12(2,3)10(11(14)15)13-9-7-5-4-6-8-9/h4-8,10,13H,1-3H3,(H,14,15)/t10-/m1/s1. The second-order valence-corrected chi connectivity index (χ2v) is 4.65. The molecule has 0 saturated heterocycles. The third-order valence-electron chi connectivity index (χ3n) is 2.20. The first-order chi connectivity index (χ1) is 6.91. The molecule has 0 fully saturated rings. The Labute approximate surface area is 90.1 Å². The third kappa shape index (κ3) is 3.27. The highest BCUT2D eigenvalue weighted by Crippen LogP contribution is 2.23. The Balaban J connectivity index is 2.82. The predicted octanol–water partition coefficient (Wildman–Crippen LogP) is 2.60. The molecule has 3 nitrogen and oxygen atoms in total. The number of rotatable bonds is 3. The van der Waals surface area contributed by atoms with Crippen LogP contribution in [0.3, 0.4) is 0 Å². The number of hydrogen-bond acceptors (Lipinski definition) is 2. The molecular formula is C12H17NO2. The third-order valence-corrected chi connectivity index (χ3v) is 2.20. The molecule has 0 aliphatic rings. The van der Waals surface area contributed by atoms with Crippen LogP contribution < -0.4 is 5.32 Å². The Kier molecular flexibility index (Phi) is 3.35. The van der Waals surface area contributed by atoms with Crippen LogP contribution in [0.5, 0.6) is 0 Å². The quantitative estimate of drug-likeness (QED) is 0.801. The molecular weight excluding hydrogens is 190 g/mol. The normalized spacial score (nSPS) is 13.3. The van der Waals surface area contributed by atoms with E-state index in [4.69, 9.17) is 5.11 Å². The lowest BCUT2D eigenvalue weighted by atomic mass is 9.86. The lowest BCUT2D eigenvalue weighted by molar-refractivity contribution is -0.140. The van der Waals surface area contributed by atoms with E-state index >= 15 is 0 Å². The van der Waals surface area contributed by atoms with Gasteiger partial charge in [-0.2, -0.15) is 0 Å². The highest BCUT2D eigenvalue weighted by atomic mass is 16.4. The van der Waals surface area contributed by atoms with Gasteiger partial charge in [-0.25, -0.2) is 4.79 Å². The molecule has 0 heterocycles. The number of benzene rings is 1. The first-order valence-electron chi connectivity index (χ1n) is 4.95. The first-order valence-corrected chi connectivity index (χ1v) is 4.95. The van der Waals surface area contributed by atoms with E-state index in [-0.39, 0.29) is 5.41 Å². The molecule has 0 aliphatic carbocycles. The van der Waals surface area contributed by atoms with E-state index in [1.54, 1.807) is 0 Å². The Morgan fingerprint density at radius 3 is 2.20 bits per heavy atom. The van der Waals surface area contributed by atoms with Crippen molar-refractivity contribution in [1.29, 1.82) is 0 Å². The van der Waals surface area contributed by atoms with Crippen LogP contribution in [0.15, 0.2) is 30.3 Å². The molecule has 0 spiro atoms. The van der Waals surface area contributed by atoms with Crippen LogP contribution in [0.1, 0.15) is 20.8 Å². The van der Waals surface area contributed by atoms with Crippen molar-refractivity contribution < 1.29 is 9.90 Å². The molecule has 0 aromatic heterocycles. The van der Waals surface area contributed by atoms with Gasteiger partial charge in [0, 0.05) is 5.69 Å². The smallest absolute Gasteiger partial charge is 0.326 e. The lowest BCUT2D eigenvalue weighted by Gasteiger charge is -2.28. The lowest BCUT2D eigenvalue weighted by Crippen LogP contribution is -2.41. The molecule has 1 aromatic carbocycles. The van der Waals surface area contributed by atoms with Gasteiger partial charge in [0.1, 0.15) is 6.04 Å². The molecule has 0 unspecified atom stereocenters. The van der Waals surface area contributed by atoms with Gasteiger partial charge in [-0.15, -0.1) is 0 Å². The van der Waals surface area contributed by atoms with Crippen LogP contribution in [0.25, 0.3) is 0 Å². The maximum absolute atomic E-state index is 11.1. The topological polar surface area (TPSA) is 49.3 Å². The van der Waals surface area contributed by atoms with E-state index in [0.29, 0.717) is 0 Å². The van der Waals surface area contributed by atoms with Crippen molar-refractivity contribution in [2.45, 2.75) is 26.8 Å². The number of para-hydroxylation sites is 1. The predicted molar refractivity (Wildman–Crippen MR) is 60.9 cm³/mol. The summed E-state index contributed by atoms with van der Waals surface area (Å²) in [7, 11) is 0. The number of carboxylic acid groups (broad SMARTS) is 1. The van der Waals surface area contributed by atoms with Gasteiger partial charge in [0.2, 0.25) is 0 Å². The van der Waals surface area contributed by atoms with Gasteiger partial charge < -0.3 is 10.4 Å². The second-order valence-electron chi connectivity index (χ2n) is 4.65. The van der Waals surface area contributed by atoms with Crippen LogP contribution in [-0.4, -0.2) is 17.1 Å². The maximum Gasteiger partial charge on any atom is 0.326 e. The Bertz CT molecular complexity index is 327. The van der Waals surface area contributed by atoms with Crippen molar-refractivity contribution in [2.24, 2.45) is 5.41 Å². The molecule has 0 radical (unpaired) electrons. The summed E-state index contributed by atoms with van der Waals surface area (Å²) in [5.41, 5.74) is 0.515. The maximum atomic E-state index is 11.1. The minimum atomic E-state index is -0.827. The van der Waals surface area contributed by atoms with Gasteiger partial charge in [0.25, 0.3) is 0 Å². The van der Waals surface area contributed by atoms with Crippen LogP contribution in [0, 0.1) is 5.41 Å². The van der Waals surface area contributed by atoms with Crippen molar-refractivity contribution >= 4 is 11.7 Å². The number of carboxylic acids is 1. The van der Waals surface area contributed by atoms with Crippen LogP contribution in [-0.2, 0) is 4.79 Å². The fourth-order valence-corrected chi connectivity index (χ4v) is 1.35. The average molecular weight is 207 g/mol. The summed E-state index contributed by atoms with van der Waals surface area (Å²) in [6, 6.07) is 8.80. The van der Waals surface area contributed by atoms with Gasteiger partial charge in [-0.05, 0) is 17.5 Å². The van der Waals surface area contributed by atoms with Crippen LogP contribution >= 0.6 is 0 Å². The van der Waals surface area contributed by atoms with Crippen molar-refractivity contribution in [1.82, 2.24) is 0 Å². The Morgan fingerprint density at radius 1 is 1.27 bits per heavy atom. The highest BCUT2D eigenvalue weighted by molar-refractivity contribution is 5.78. The van der Waals surface area contributed by atoms with Gasteiger partial charge in [-0.1, -0.05) is 39.0 Å². The zero-order valence-corrected chi connectivity index (χ0v) is 9.32.